The largest absolute Gasteiger partial charge is 0.494 e. The average molecular weight is 703 g/mol. The molecule has 1 saturated heterocycles. The summed E-state index contributed by atoms with van der Waals surface area (Å²) in [6.45, 7) is 7.04. The molecule has 11 nitrogen and oxygen atoms in total. The van der Waals surface area contributed by atoms with Crippen molar-refractivity contribution in [1.29, 1.82) is 0 Å². The maximum atomic E-state index is 12.3. The molecule has 10 radical (unpaired) electrons. The number of benzene rings is 2. The third-order valence-corrected chi connectivity index (χ3v) is 14.2. The van der Waals surface area contributed by atoms with Gasteiger partial charge in [0.25, 0.3) is 0 Å². The van der Waals surface area contributed by atoms with E-state index in [0.29, 0.717) is 30.4 Å². The molecule has 0 aliphatic carbocycles. The monoisotopic (exact) mass is 702 g/mol. The first-order valence-corrected chi connectivity index (χ1v) is 20.6. The van der Waals surface area contributed by atoms with Gasteiger partial charge in [-0.3, -0.25) is 0 Å². The Bertz CT molecular complexity index is 1140. The van der Waals surface area contributed by atoms with Crippen LogP contribution in [0, 0.1) is 5.92 Å². The Morgan fingerprint density at radius 3 is 2.09 bits per heavy atom. The summed E-state index contributed by atoms with van der Waals surface area (Å²) >= 11 is 0. The summed E-state index contributed by atoms with van der Waals surface area (Å²) in [4.78, 5) is 24.4. The van der Waals surface area contributed by atoms with E-state index in [9.17, 15) is 9.59 Å². The molecule has 0 N–H and O–H groups in total. The Kier molecular flexibility index (Phi) is 17.3. The molecule has 1 aliphatic rings. The van der Waals surface area contributed by atoms with Crippen LogP contribution in [-0.2, 0) is 34.2 Å². The highest BCUT2D eigenvalue weighted by Gasteiger charge is 2.32. The molecule has 2 aromatic carbocycles. The van der Waals surface area contributed by atoms with Gasteiger partial charge in [0.1, 0.15) is 11.5 Å². The van der Waals surface area contributed by atoms with E-state index in [0.717, 1.165) is 43.0 Å². The molecule has 0 aromatic heterocycles. The molecule has 0 amide bonds. The number of esters is 2. The van der Waals surface area contributed by atoms with Crippen LogP contribution in [0.2, 0.25) is 12.6 Å². The van der Waals surface area contributed by atoms with E-state index in [-0.39, 0.29) is 50.0 Å². The minimum Gasteiger partial charge on any atom is -0.494 e. The van der Waals surface area contributed by atoms with E-state index < -0.39 is 20.5 Å². The second-order valence-corrected chi connectivity index (χ2v) is 18.3. The smallest absolute Gasteiger partial charge is 0.412 e. The normalized spacial score (nSPS) is 16.8. The number of rotatable bonds is 14. The predicted molar refractivity (Wildman–Crippen MR) is 168 cm³/mol. The number of hydrogen-bond donors (Lipinski definition) is 0. The summed E-state index contributed by atoms with van der Waals surface area (Å²) in [7, 11) is -3.06. The number of unbranched alkanes of at least 4 members (excludes halogenated alkanes) is 2. The van der Waals surface area contributed by atoms with Crippen molar-refractivity contribution in [2.45, 2.75) is 52.1 Å². The zero-order valence-corrected chi connectivity index (χ0v) is 30.8. The Labute approximate surface area is 272 Å². The topological polar surface area (TPSA) is 117 Å². The van der Waals surface area contributed by atoms with E-state index in [1.165, 1.54) is 6.08 Å². The molecule has 44 heavy (non-hydrogen) atoms. The van der Waals surface area contributed by atoms with Gasteiger partial charge in [0.15, 0.2) is 0 Å². The first-order valence-electron chi connectivity index (χ1n) is 14.0. The zero-order chi connectivity index (χ0) is 31.5. The molecule has 2 aromatic rings. The van der Waals surface area contributed by atoms with Gasteiger partial charge in [-0.05, 0) is 73.0 Å². The standard InChI is InChI=1S/C27H34O11Si6/c1-4-21(2)20-31-27(29)23-11-15-25(16-12-23)32-26(28)17-10-22-8-13-24(14-9-22)30-18-6-5-7-19-44(3)37-42-35-40-33-39-34-41-36-43-38-44/h8-17,21H,4-7,18-20H2,1-3H3/b17-10+. The number of ether oxygens (including phenoxy) is 3. The molecule has 1 heterocycles. The van der Waals surface area contributed by atoms with Crippen LogP contribution in [0.4, 0.5) is 0 Å². The molecule has 17 heteroatoms. The van der Waals surface area contributed by atoms with Crippen LogP contribution in [0.15, 0.2) is 54.6 Å². The number of carbonyl (C=O) groups is 2. The fourth-order valence-corrected chi connectivity index (χ4v) is 10.4. The Morgan fingerprint density at radius 1 is 0.841 bits per heavy atom. The summed E-state index contributed by atoms with van der Waals surface area (Å²) < 4.78 is 49.5. The maximum absolute atomic E-state index is 12.3. The van der Waals surface area contributed by atoms with Crippen molar-refractivity contribution < 1.29 is 48.5 Å². The lowest BCUT2D eigenvalue weighted by molar-refractivity contribution is -0.128. The highest BCUT2D eigenvalue weighted by Crippen LogP contribution is 2.19. The molecule has 0 saturated carbocycles. The molecular formula is C27H34O11Si6. The lowest BCUT2D eigenvalue weighted by atomic mass is 10.1. The van der Waals surface area contributed by atoms with Crippen molar-refractivity contribution in [2.24, 2.45) is 5.92 Å². The Morgan fingerprint density at radius 2 is 1.45 bits per heavy atom. The molecule has 1 fully saturated rings. The van der Waals surface area contributed by atoms with Gasteiger partial charge in [0.2, 0.25) is 0 Å². The molecule has 0 spiro atoms. The maximum Gasteiger partial charge on any atom is 0.412 e. The molecule has 1 aliphatic heterocycles. The van der Waals surface area contributed by atoms with Crippen molar-refractivity contribution in [3.63, 3.8) is 0 Å². The summed E-state index contributed by atoms with van der Waals surface area (Å²) in [5.74, 6) is 0.485. The van der Waals surface area contributed by atoms with Gasteiger partial charge < -0.3 is 38.9 Å². The molecule has 1 atom stereocenters. The van der Waals surface area contributed by atoms with E-state index in [4.69, 9.17) is 38.9 Å². The molecule has 1 unspecified atom stereocenters. The molecule has 232 valence electrons. The molecular weight excluding hydrogens is 669 g/mol. The first kappa shape index (κ1) is 36.4. The second kappa shape index (κ2) is 20.9. The fraction of sp³-hybridized carbons (Fsp3) is 0.407. The van der Waals surface area contributed by atoms with Crippen LogP contribution in [0.3, 0.4) is 0 Å². The molecule has 0 bridgehead atoms. The van der Waals surface area contributed by atoms with Crippen molar-refractivity contribution >= 4 is 76.6 Å². The van der Waals surface area contributed by atoms with Gasteiger partial charge in [0.05, 0.1) is 18.8 Å². The molecule has 3 rings (SSSR count). The third kappa shape index (κ3) is 14.8. The Hall–Kier alpha value is -2.02. The van der Waals surface area contributed by atoms with Crippen molar-refractivity contribution in [1.82, 2.24) is 0 Å². The van der Waals surface area contributed by atoms with Crippen molar-refractivity contribution in [3.8, 4) is 11.5 Å². The van der Waals surface area contributed by atoms with Gasteiger partial charge in [-0.25, -0.2) is 9.59 Å². The van der Waals surface area contributed by atoms with Crippen LogP contribution in [0.1, 0.15) is 55.5 Å². The highest BCUT2D eigenvalue weighted by molar-refractivity contribution is 6.74. The predicted octanol–water partition coefficient (Wildman–Crippen LogP) is 3.91. The first-order chi connectivity index (χ1) is 21.4. The summed E-state index contributed by atoms with van der Waals surface area (Å²) in [6, 6.07) is 14.6. The summed E-state index contributed by atoms with van der Waals surface area (Å²) in [5.41, 5.74) is 1.24. The minimum absolute atomic E-state index is 0.114. The SMILES string of the molecule is CCC(C)COC(=O)c1ccc(OC(=O)/C=C/c2ccc(OCCCCC[Si]3(C)O[Si]O[Si]O[Si]O[Si]O[Si]O3)cc2)cc1. The van der Waals surface area contributed by atoms with Gasteiger partial charge in [-0.1, -0.05) is 45.2 Å². The third-order valence-electron chi connectivity index (χ3n) is 6.19. The average Bonchev–Trinajstić information content (AvgIpc) is 3.03. The van der Waals surface area contributed by atoms with Gasteiger partial charge in [-0.2, -0.15) is 0 Å². The minimum atomic E-state index is -2.42. The highest BCUT2D eigenvalue weighted by atomic mass is 28.5. The van der Waals surface area contributed by atoms with Gasteiger partial charge in [0, 0.05) is 6.08 Å². The van der Waals surface area contributed by atoms with Crippen molar-refractivity contribution in [2.75, 3.05) is 13.2 Å². The zero-order valence-electron chi connectivity index (χ0n) is 24.8. The van der Waals surface area contributed by atoms with Gasteiger partial charge in [-0.15, -0.1) is 0 Å². The van der Waals surface area contributed by atoms with Crippen molar-refractivity contribution in [3.05, 3.63) is 65.7 Å². The second-order valence-electron chi connectivity index (χ2n) is 9.78. The van der Waals surface area contributed by atoms with E-state index in [1.54, 1.807) is 30.3 Å². The Balaban J connectivity index is 1.32. The number of hydrogen-bond acceptors (Lipinski definition) is 11. The van der Waals surface area contributed by atoms with Crippen LogP contribution < -0.4 is 9.47 Å². The van der Waals surface area contributed by atoms with Crippen LogP contribution >= 0.6 is 0 Å². The quantitative estimate of drug-likeness (QED) is 0.0938. The number of carbonyl (C=O) groups excluding carboxylic acids is 2. The lowest BCUT2D eigenvalue weighted by Gasteiger charge is -2.26. The lowest BCUT2D eigenvalue weighted by Crippen LogP contribution is -2.43. The van der Waals surface area contributed by atoms with Gasteiger partial charge >= 0.3 is 70.5 Å². The van der Waals surface area contributed by atoms with Crippen LogP contribution in [-0.4, -0.2) is 83.7 Å². The van der Waals surface area contributed by atoms with Crippen LogP contribution in [0.25, 0.3) is 6.08 Å². The fourth-order valence-electron chi connectivity index (χ4n) is 3.45. The summed E-state index contributed by atoms with van der Waals surface area (Å²) in [6.07, 6.45) is 6.75. The van der Waals surface area contributed by atoms with E-state index in [1.807, 2.05) is 44.7 Å². The summed E-state index contributed by atoms with van der Waals surface area (Å²) in [5, 5.41) is 0. The van der Waals surface area contributed by atoms with E-state index >= 15 is 0 Å². The van der Waals surface area contributed by atoms with E-state index in [2.05, 4.69) is 0 Å². The van der Waals surface area contributed by atoms with Crippen LogP contribution in [0.5, 0.6) is 11.5 Å².